The van der Waals surface area contributed by atoms with Gasteiger partial charge in [0.05, 0.1) is 63.9 Å². The average Bonchev–Trinajstić information content (AvgIpc) is 0.852. The summed E-state index contributed by atoms with van der Waals surface area (Å²) >= 11 is 54.4. The molecule has 0 aliphatic carbocycles. The Morgan fingerprint density at radius 2 is 0.656 bits per heavy atom. The van der Waals surface area contributed by atoms with Crippen molar-refractivity contribution < 1.29 is 28.8 Å². The molecule has 6 aromatic carbocycles. The van der Waals surface area contributed by atoms with Crippen LogP contribution in [0.4, 0.5) is 34.5 Å². The van der Waals surface area contributed by atoms with E-state index in [-0.39, 0.29) is 92.7 Å². The molecule has 0 unspecified atom stereocenters. The molecule has 0 fully saturated rings. The van der Waals surface area contributed by atoms with Crippen LogP contribution in [0.5, 0.6) is 0 Å². The number of carbonyl (C=O) groups excluding carboxylic acids is 6. The summed E-state index contributed by atoms with van der Waals surface area (Å²) in [6, 6.07) is 36.9. The Balaban J connectivity index is 0.000000198. The van der Waals surface area contributed by atoms with Crippen molar-refractivity contribution >= 4 is 192 Å². The van der Waals surface area contributed by atoms with Gasteiger partial charge in [0.1, 0.15) is 35.0 Å². The molecule has 0 saturated heterocycles. The van der Waals surface area contributed by atoms with Gasteiger partial charge in [-0.25, -0.2) is 15.0 Å². The maximum atomic E-state index is 12.8. The Kier molecular flexibility index (Phi) is 25.0. The number of nitrogens with zero attached hydrogens (tertiary/aromatic N) is 5. The Morgan fingerprint density at radius 3 is 0.914 bits per heavy atom. The molecule has 93 heavy (non-hydrogen) atoms. The van der Waals surface area contributed by atoms with Crippen molar-refractivity contribution in [3.8, 4) is 0 Å². The van der Waals surface area contributed by atoms with E-state index in [2.05, 4.69) is 51.8 Å². The quantitative estimate of drug-likeness (QED) is 0.0338. The first kappa shape index (κ1) is 71.1. The molecule has 0 atom stereocenters. The van der Waals surface area contributed by atoms with E-state index in [4.69, 9.17) is 127 Å². The summed E-state index contributed by atoms with van der Waals surface area (Å²) in [5.74, 6) is -1.79. The number of nitrogens with one attached hydrogen (secondary N) is 8. The van der Waals surface area contributed by atoms with E-state index in [0.29, 0.717) is 54.6 Å². The number of amidine groups is 3. The molecule has 6 amide bonds. The van der Waals surface area contributed by atoms with Gasteiger partial charge in [0.2, 0.25) is 0 Å². The number of hydrogen-bond acceptors (Lipinski definition) is 12. The second-order valence-corrected chi connectivity index (χ2v) is 23.1. The minimum Gasteiger partial charge on any atom is -0.384 e. The van der Waals surface area contributed by atoms with Gasteiger partial charge in [-0.1, -0.05) is 141 Å². The third-order valence-electron chi connectivity index (χ3n) is 12.5. The van der Waals surface area contributed by atoms with Gasteiger partial charge in [0.15, 0.2) is 0 Å². The Labute approximate surface area is 576 Å². The molecule has 9 rings (SSSR count). The summed E-state index contributed by atoms with van der Waals surface area (Å²) < 4.78 is 0. The summed E-state index contributed by atoms with van der Waals surface area (Å²) in [5, 5.41) is 33.5. The summed E-state index contributed by atoms with van der Waals surface area (Å²) in [6.07, 6.45) is 4.17. The SMILES string of the molecule is CN(C)C(=N)c1ccc(C(=O)Nc2c(Cl)cc(Cl)cc2C(=O)Nc2ccc(Cl)cn2)cc1.CN=C(N)c1ccc(C(=O)Nc2c(Cl)cc(Cl)cc2C(=O)Nc2ccc(Cl)cn2)cc1.N=C(N)c1ccc(C(=O)Nc2c(Cl)cc(Cl)cc2C(=O)Nc2ccc(Cl)cn2)cc1. The monoisotopic (exact) mass is 1430 g/mol. The van der Waals surface area contributed by atoms with Crippen LogP contribution in [0, 0.1) is 10.8 Å². The molecular formula is C63H48Cl9N15O6. The van der Waals surface area contributed by atoms with E-state index >= 15 is 0 Å². The summed E-state index contributed by atoms with van der Waals surface area (Å²) in [6.45, 7) is 0. The molecular weight excluding hydrogens is 1380 g/mol. The lowest BCUT2D eigenvalue weighted by molar-refractivity contribution is 0.101. The van der Waals surface area contributed by atoms with Gasteiger partial charge in [0.25, 0.3) is 35.4 Å². The normalized spacial score (nSPS) is 10.6. The van der Waals surface area contributed by atoms with Crippen LogP contribution in [-0.4, -0.2) is 93.9 Å². The lowest BCUT2D eigenvalue weighted by Gasteiger charge is -2.15. The van der Waals surface area contributed by atoms with Crippen LogP contribution in [0.15, 0.2) is 169 Å². The van der Waals surface area contributed by atoms with Crippen LogP contribution in [-0.2, 0) is 0 Å². The molecule has 9 aromatic rings. The summed E-state index contributed by atoms with van der Waals surface area (Å²) in [4.78, 5) is 94.3. The Morgan fingerprint density at radius 1 is 0.376 bits per heavy atom. The van der Waals surface area contributed by atoms with Crippen LogP contribution in [0.25, 0.3) is 0 Å². The number of amides is 6. The molecule has 30 heteroatoms. The van der Waals surface area contributed by atoms with E-state index in [1.807, 2.05) is 0 Å². The van der Waals surface area contributed by atoms with Crippen LogP contribution >= 0.6 is 104 Å². The zero-order chi connectivity index (χ0) is 67.8. The first-order chi connectivity index (χ1) is 44.2. The number of aromatic nitrogens is 3. The molecule has 474 valence electrons. The molecule has 21 nitrogen and oxygen atoms in total. The third kappa shape index (κ3) is 19.8. The van der Waals surface area contributed by atoms with Crippen LogP contribution in [0.1, 0.15) is 78.8 Å². The lowest BCUT2D eigenvalue weighted by atomic mass is 10.1. The average molecular weight is 1430 g/mol. The molecule has 3 aromatic heterocycles. The standard InChI is InChI=1S/C22H18Cl3N5O2.C21H16Cl3N5O2.C20H14Cl3N5O2/c1-30(2)20(26)12-3-5-13(6-4-12)21(31)29-19-16(9-15(24)10-17(19)25)22(32)28-18-8-7-14(23)11-27-18;1-26-19(25)11-2-4-12(5-3-11)20(30)29-18-15(8-14(23)9-16(18)24)21(31)28-17-7-6-13(22)10-27-17;21-12-5-6-16(26-9-12)27-20(30)14-7-13(22)8-15(23)17(14)28-19(29)11-3-1-10(2-4-11)18(24)25/h3-11,26H,1-2H3,(H,29,31)(H,27,28,32);2-10H,1H3,(H2,25,26)(H,29,30)(H,27,28,31);1-9H,(H3,24,25)(H,28,29)(H,26,27,30). The number of aliphatic imine (C=N–C) groups is 1. The highest BCUT2D eigenvalue weighted by atomic mass is 35.5. The molecule has 0 bridgehead atoms. The van der Waals surface area contributed by atoms with Crippen molar-refractivity contribution in [3.05, 3.63) is 259 Å². The van der Waals surface area contributed by atoms with E-state index in [9.17, 15) is 28.8 Å². The number of hydrogen-bond donors (Lipinski definition) is 10. The number of halogens is 9. The molecule has 3 heterocycles. The van der Waals surface area contributed by atoms with Crippen molar-refractivity contribution in [2.24, 2.45) is 16.5 Å². The zero-order valence-corrected chi connectivity index (χ0v) is 55.1. The number of pyridine rings is 3. The minimum atomic E-state index is -0.573. The van der Waals surface area contributed by atoms with Gasteiger partial charge in [-0.05, 0) is 109 Å². The summed E-state index contributed by atoms with van der Waals surface area (Å²) in [7, 11) is 5.10. The van der Waals surface area contributed by atoms with Crippen LogP contribution < -0.4 is 43.4 Å². The number of rotatable bonds is 15. The highest BCUT2D eigenvalue weighted by molar-refractivity contribution is 6.40. The molecule has 0 aliphatic heterocycles. The van der Waals surface area contributed by atoms with Gasteiger partial charge in [-0.2, -0.15) is 0 Å². The molecule has 0 radical (unpaired) electrons. The van der Waals surface area contributed by atoms with E-state index in [1.165, 1.54) is 85.3 Å². The largest absolute Gasteiger partial charge is 0.384 e. The molecule has 0 saturated carbocycles. The first-order valence-corrected chi connectivity index (χ1v) is 29.9. The van der Waals surface area contributed by atoms with Gasteiger partial charge in [0, 0.05) is 88.2 Å². The Hall–Kier alpha value is -9.39. The smallest absolute Gasteiger partial charge is 0.259 e. The topological polar surface area (TPSA) is 329 Å². The number of nitrogens with two attached hydrogens (primary N) is 2. The Bertz CT molecular complexity index is 4360. The molecule has 0 spiro atoms. The van der Waals surface area contributed by atoms with Crippen molar-refractivity contribution in [3.63, 3.8) is 0 Å². The van der Waals surface area contributed by atoms with E-state index < -0.39 is 35.4 Å². The number of nitrogen functional groups attached to an aromatic ring is 1. The first-order valence-electron chi connectivity index (χ1n) is 26.5. The molecule has 12 N–H and O–H groups in total. The highest BCUT2D eigenvalue weighted by Gasteiger charge is 2.23. The van der Waals surface area contributed by atoms with Gasteiger partial charge < -0.3 is 48.3 Å². The minimum absolute atomic E-state index is 0.0537. The fourth-order valence-corrected chi connectivity index (χ4v) is 9.81. The van der Waals surface area contributed by atoms with Gasteiger partial charge in [-0.15, -0.1) is 0 Å². The number of anilines is 6. The van der Waals surface area contributed by atoms with Gasteiger partial charge >= 0.3 is 0 Å². The number of carbonyl (C=O) groups is 6. The second kappa shape index (κ2) is 32.8. The maximum Gasteiger partial charge on any atom is 0.259 e. The predicted octanol–water partition coefficient (Wildman–Crippen LogP) is 15.1. The van der Waals surface area contributed by atoms with Crippen LogP contribution in [0.2, 0.25) is 45.2 Å². The lowest BCUT2D eigenvalue weighted by Crippen LogP contribution is -2.22. The fraction of sp³-hybridized carbons (Fsp3) is 0.0476. The predicted molar refractivity (Wildman–Crippen MR) is 372 cm³/mol. The maximum absolute atomic E-state index is 12.8. The fourth-order valence-electron chi connectivity index (χ4n) is 7.86. The summed E-state index contributed by atoms with van der Waals surface area (Å²) in [5.41, 5.74) is 14.5. The van der Waals surface area contributed by atoms with Crippen LogP contribution in [0.3, 0.4) is 0 Å². The van der Waals surface area contributed by atoms with E-state index in [0.717, 1.165) is 0 Å². The van der Waals surface area contributed by atoms with Crippen molar-refractivity contribution in [2.45, 2.75) is 0 Å². The third-order valence-corrected chi connectivity index (χ3v) is 14.8. The van der Waals surface area contributed by atoms with E-state index in [1.54, 1.807) is 105 Å². The van der Waals surface area contributed by atoms with Crippen molar-refractivity contribution in [1.29, 1.82) is 10.8 Å². The van der Waals surface area contributed by atoms with Gasteiger partial charge in [-0.3, -0.25) is 44.6 Å². The number of benzene rings is 6. The van der Waals surface area contributed by atoms with Crippen molar-refractivity contribution in [2.75, 3.05) is 53.0 Å². The van der Waals surface area contributed by atoms with Crippen molar-refractivity contribution in [1.82, 2.24) is 19.9 Å². The second-order valence-electron chi connectivity index (χ2n) is 19.2. The molecule has 0 aliphatic rings. The zero-order valence-electron chi connectivity index (χ0n) is 48.3. The highest BCUT2D eigenvalue weighted by Crippen LogP contribution is 2.35.